The molecule has 1 aromatic carbocycles. The van der Waals surface area contributed by atoms with E-state index >= 15 is 0 Å². The number of hydrogen-bond donors (Lipinski definition) is 2. The van der Waals surface area contributed by atoms with E-state index in [0.717, 1.165) is 22.9 Å². The van der Waals surface area contributed by atoms with Crippen LogP contribution in [0.25, 0.3) is 22.3 Å². The maximum atomic E-state index is 10.8. The lowest BCUT2D eigenvalue weighted by atomic mass is 10.1. The number of aldehydes is 1. The van der Waals surface area contributed by atoms with E-state index in [0.29, 0.717) is 11.4 Å². The van der Waals surface area contributed by atoms with E-state index in [2.05, 4.69) is 19.9 Å². The first-order valence-electron chi connectivity index (χ1n) is 4.80. The Hall–Kier alpha value is -2.43. The minimum atomic E-state index is 0.485. The Bertz CT molecular complexity index is 653. The third-order valence-electron chi connectivity index (χ3n) is 2.48. The van der Waals surface area contributed by atoms with Crippen molar-refractivity contribution in [1.29, 1.82) is 0 Å². The third-order valence-corrected chi connectivity index (χ3v) is 2.48. The molecule has 0 radical (unpaired) electrons. The summed E-state index contributed by atoms with van der Waals surface area (Å²) < 4.78 is 0. The number of fused-ring (bicyclic) bond motifs is 1. The van der Waals surface area contributed by atoms with Gasteiger partial charge < -0.3 is 9.97 Å². The molecule has 5 nitrogen and oxygen atoms in total. The fraction of sp³-hybridized carbons (Fsp3) is 0. The van der Waals surface area contributed by atoms with Gasteiger partial charge in [0.25, 0.3) is 0 Å². The zero-order valence-corrected chi connectivity index (χ0v) is 8.27. The summed E-state index contributed by atoms with van der Waals surface area (Å²) in [4.78, 5) is 24.9. The fourth-order valence-corrected chi connectivity index (χ4v) is 1.71. The van der Waals surface area contributed by atoms with Gasteiger partial charge in [-0.25, -0.2) is 9.97 Å². The van der Waals surface area contributed by atoms with Gasteiger partial charge in [0.05, 0.1) is 29.4 Å². The van der Waals surface area contributed by atoms with Crippen molar-refractivity contribution < 1.29 is 4.79 Å². The Morgan fingerprint density at radius 3 is 2.88 bits per heavy atom. The number of nitrogens with zero attached hydrogens (tertiary/aromatic N) is 2. The van der Waals surface area contributed by atoms with Gasteiger partial charge in [-0.05, 0) is 12.1 Å². The summed E-state index contributed by atoms with van der Waals surface area (Å²) in [6, 6.07) is 5.71. The molecular weight excluding hydrogens is 204 g/mol. The van der Waals surface area contributed by atoms with Gasteiger partial charge in [-0.3, -0.25) is 4.79 Å². The number of aromatic amines is 2. The van der Waals surface area contributed by atoms with E-state index in [9.17, 15) is 4.79 Å². The molecule has 5 heteroatoms. The maximum absolute atomic E-state index is 10.8. The number of hydrogen-bond acceptors (Lipinski definition) is 3. The number of carbonyl (C=O) groups is 1. The summed E-state index contributed by atoms with van der Waals surface area (Å²) in [6.07, 6.45) is 3.91. The number of aromatic nitrogens is 4. The molecule has 0 bridgehead atoms. The van der Waals surface area contributed by atoms with Crippen LogP contribution in [0.3, 0.4) is 0 Å². The molecule has 2 heterocycles. The molecule has 0 aliphatic heterocycles. The Kier molecular flexibility index (Phi) is 1.83. The first-order chi connectivity index (χ1) is 7.88. The Labute approximate surface area is 90.6 Å². The summed E-state index contributed by atoms with van der Waals surface area (Å²) in [5.41, 5.74) is 3.86. The lowest BCUT2D eigenvalue weighted by Gasteiger charge is -1.97. The summed E-state index contributed by atoms with van der Waals surface area (Å²) >= 11 is 0. The smallest absolute Gasteiger partial charge is 0.168 e. The molecule has 0 aliphatic carbocycles. The van der Waals surface area contributed by atoms with Crippen molar-refractivity contribution >= 4 is 17.3 Å². The quantitative estimate of drug-likeness (QED) is 0.635. The normalized spacial score (nSPS) is 10.8. The van der Waals surface area contributed by atoms with Crippen LogP contribution in [0.4, 0.5) is 0 Å². The number of imidazole rings is 2. The predicted octanol–water partition coefficient (Wildman–Crippen LogP) is 1.77. The first-order valence-corrected chi connectivity index (χ1v) is 4.80. The van der Waals surface area contributed by atoms with E-state index in [-0.39, 0.29) is 0 Å². The van der Waals surface area contributed by atoms with Crippen LogP contribution in [0.5, 0.6) is 0 Å². The number of rotatable bonds is 2. The van der Waals surface area contributed by atoms with Crippen LogP contribution in [0.15, 0.2) is 30.9 Å². The molecular formula is C11H8N4O. The molecule has 0 fully saturated rings. The molecule has 16 heavy (non-hydrogen) atoms. The summed E-state index contributed by atoms with van der Waals surface area (Å²) in [5.74, 6) is 0. The van der Waals surface area contributed by atoms with Gasteiger partial charge in [-0.1, -0.05) is 6.07 Å². The number of H-pyrrole nitrogens is 2. The van der Waals surface area contributed by atoms with Crippen molar-refractivity contribution in [2.75, 3.05) is 0 Å². The van der Waals surface area contributed by atoms with Crippen LogP contribution in [0, 0.1) is 0 Å². The van der Waals surface area contributed by atoms with Crippen LogP contribution in [0.2, 0.25) is 0 Å². The molecule has 2 N–H and O–H groups in total. The van der Waals surface area contributed by atoms with Crippen LogP contribution in [0.1, 0.15) is 10.5 Å². The monoisotopic (exact) mass is 212 g/mol. The van der Waals surface area contributed by atoms with E-state index in [1.54, 1.807) is 6.33 Å². The molecule has 2 aromatic heterocycles. The summed E-state index contributed by atoms with van der Waals surface area (Å²) in [6.45, 7) is 0. The minimum Gasteiger partial charge on any atom is -0.345 e. The number of carbonyl (C=O) groups excluding carboxylic acids is 1. The van der Waals surface area contributed by atoms with Gasteiger partial charge in [-0.2, -0.15) is 0 Å². The van der Waals surface area contributed by atoms with Gasteiger partial charge in [0, 0.05) is 5.56 Å². The molecule has 0 spiro atoms. The van der Waals surface area contributed by atoms with Crippen LogP contribution in [-0.2, 0) is 0 Å². The standard InChI is InChI=1S/C11H8N4O/c16-4-10-11(15-6-14-10)7-1-2-8-9(3-7)13-5-12-8/h1-6H,(H,12,13)(H,14,15). The second kappa shape index (κ2) is 3.30. The van der Waals surface area contributed by atoms with Gasteiger partial charge in [-0.15, -0.1) is 0 Å². The van der Waals surface area contributed by atoms with Crippen molar-refractivity contribution in [2.45, 2.75) is 0 Å². The van der Waals surface area contributed by atoms with Gasteiger partial charge in [0.15, 0.2) is 6.29 Å². The Balaban J connectivity index is 2.21. The highest BCUT2D eigenvalue weighted by molar-refractivity contribution is 5.87. The Morgan fingerprint density at radius 1 is 1.12 bits per heavy atom. The van der Waals surface area contributed by atoms with E-state index in [4.69, 9.17) is 0 Å². The van der Waals surface area contributed by atoms with Crippen molar-refractivity contribution in [1.82, 2.24) is 19.9 Å². The fourth-order valence-electron chi connectivity index (χ4n) is 1.71. The van der Waals surface area contributed by atoms with E-state index < -0.39 is 0 Å². The topological polar surface area (TPSA) is 74.4 Å². The SMILES string of the molecule is O=Cc1[nH]cnc1-c1ccc2nc[nH]c2c1. The van der Waals surface area contributed by atoms with Gasteiger partial charge in [0.2, 0.25) is 0 Å². The highest BCUT2D eigenvalue weighted by Crippen LogP contribution is 2.22. The number of nitrogens with one attached hydrogen (secondary N) is 2. The van der Waals surface area contributed by atoms with Crippen molar-refractivity contribution in [3.05, 3.63) is 36.5 Å². The Morgan fingerprint density at radius 2 is 2.00 bits per heavy atom. The van der Waals surface area contributed by atoms with Gasteiger partial charge >= 0.3 is 0 Å². The van der Waals surface area contributed by atoms with Crippen molar-refractivity contribution in [2.24, 2.45) is 0 Å². The van der Waals surface area contributed by atoms with Crippen LogP contribution >= 0.6 is 0 Å². The second-order valence-electron chi connectivity index (χ2n) is 3.42. The lowest BCUT2D eigenvalue weighted by molar-refractivity contribution is 0.112. The molecule has 0 amide bonds. The molecule has 3 rings (SSSR count). The van der Waals surface area contributed by atoms with E-state index in [1.807, 2.05) is 18.2 Å². The summed E-state index contributed by atoms with van der Waals surface area (Å²) in [5, 5.41) is 0. The molecule has 3 aromatic rings. The van der Waals surface area contributed by atoms with Gasteiger partial charge in [0.1, 0.15) is 5.69 Å². The van der Waals surface area contributed by atoms with Crippen molar-refractivity contribution in [3.63, 3.8) is 0 Å². The lowest BCUT2D eigenvalue weighted by Crippen LogP contribution is -1.85. The molecule has 0 unspecified atom stereocenters. The van der Waals surface area contributed by atoms with Crippen molar-refractivity contribution in [3.8, 4) is 11.3 Å². The average molecular weight is 212 g/mol. The van der Waals surface area contributed by atoms with Crippen LogP contribution < -0.4 is 0 Å². The molecule has 0 saturated heterocycles. The molecule has 0 saturated carbocycles. The first kappa shape index (κ1) is 8.84. The summed E-state index contributed by atoms with van der Waals surface area (Å²) in [7, 11) is 0. The largest absolute Gasteiger partial charge is 0.345 e. The highest BCUT2D eigenvalue weighted by Gasteiger charge is 2.08. The molecule has 78 valence electrons. The average Bonchev–Trinajstić information content (AvgIpc) is 2.96. The number of benzene rings is 1. The highest BCUT2D eigenvalue weighted by atomic mass is 16.1. The van der Waals surface area contributed by atoms with E-state index in [1.165, 1.54) is 6.33 Å². The minimum absolute atomic E-state index is 0.485. The zero-order chi connectivity index (χ0) is 11.0. The third kappa shape index (κ3) is 1.22. The second-order valence-corrected chi connectivity index (χ2v) is 3.42. The zero-order valence-electron chi connectivity index (χ0n) is 8.27. The maximum Gasteiger partial charge on any atom is 0.168 e. The predicted molar refractivity (Wildman–Crippen MR) is 59.1 cm³/mol. The molecule has 0 atom stereocenters. The van der Waals surface area contributed by atoms with Crippen LogP contribution in [-0.4, -0.2) is 26.2 Å². The molecule has 0 aliphatic rings.